The third kappa shape index (κ3) is 7.82. The smallest absolute Gasteiger partial charge is 0.305 e. The number of carbonyl (C=O) groups is 1. The van der Waals surface area contributed by atoms with Crippen molar-refractivity contribution in [1.82, 2.24) is 0 Å². The number of aliphatic hydroxyl groups excluding tert-OH is 3. The molecule has 6 heteroatoms. The number of hydrogen-bond acceptors (Lipinski definition) is 5. The minimum Gasteiger partial charge on any atom is -0.469 e. The van der Waals surface area contributed by atoms with E-state index in [1.807, 2.05) is 0 Å². The topological polar surface area (TPSA) is 87.0 Å². The summed E-state index contributed by atoms with van der Waals surface area (Å²) in [4.78, 5) is 11.1. The number of rotatable bonds is 12. The first-order valence-electron chi connectivity index (χ1n) is 11.0. The average molecular weight is 423 g/mol. The van der Waals surface area contributed by atoms with E-state index in [0.29, 0.717) is 31.2 Å². The molecule has 0 amide bonds. The van der Waals surface area contributed by atoms with Crippen molar-refractivity contribution in [2.45, 2.75) is 76.1 Å². The number of methoxy groups -OCH3 is 1. The standard InChI is InChI=1S/C24H35FO5/c1-30-24(29)11-5-3-2-4-9-19-20(23(28)16-22(19)27)15-14-18(26)13-12-17-8-6-7-10-21(17)25/h6-8,10,12-13,18-20,22-23,26-28H,2-5,9,11,14-16H2,1H3/b13-12+. The Morgan fingerprint density at radius 3 is 2.50 bits per heavy atom. The van der Waals surface area contributed by atoms with Crippen molar-refractivity contribution in [3.63, 3.8) is 0 Å². The number of aliphatic hydroxyl groups is 3. The van der Waals surface area contributed by atoms with Crippen LogP contribution < -0.4 is 0 Å². The summed E-state index contributed by atoms with van der Waals surface area (Å²) in [5.41, 5.74) is 0.429. The minimum atomic E-state index is -0.728. The highest BCUT2D eigenvalue weighted by atomic mass is 19.1. The van der Waals surface area contributed by atoms with Crippen molar-refractivity contribution in [3.8, 4) is 0 Å². The monoisotopic (exact) mass is 422 g/mol. The van der Waals surface area contributed by atoms with Gasteiger partial charge < -0.3 is 20.1 Å². The largest absolute Gasteiger partial charge is 0.469 e. The number of benzene rings is 1. The van der Waals surface area contributed by atoms with Gasteiger partial charge in [-0.3, -0.25) is 4.79 Å². The zero-order valence-electron chi connectivity index (χ0n) is 17.8. The molecule has 1 saturated carbocycles. The molecule has 5 unspecified atom stereocenters. The van der Waals surface area contributed by atoms with E-state index < -0.39 is 18.3 Å². The van der Waals surface area contributed by atoms with Crippen LogP contribution in [0.3, 0.4) is 0 Å². The van der Waals surface area contributed by atoms with Crippen LogP contribution >= 0.6 is 0 Å². The Hall–Kier alpha value is -1.76. The van der Waals surface area contributed by atoms with Crippen molar-refractivity contribution in [2.24, 2.45) is 11.8 Å². The van der Waals surface area contributed by atoms with Crippen LogP contribution in [0.25, 0.3) is 6.08 Å². The summed E-state index contributed by atoms with van der Waals surface area (Å²) >= 11 is 0. The van der Waals surface area contributed by atoms with E-state index in [-0.39, 0.29) is 23.6 Å². The fourth-order valence-corrected chi connectivity index (χ4v) is 4.37. The molecule has 30 heavy (non-hydrogen) atoms. The Labute approximate surface area is 178 Å². The second kappa shape index (κ2) is 12.8. The second-order valence-corrected chi connectivity index (χ2v) is 8.25. The predicted molar refractivity (Wildman–Crippen MR) is 114 cm³/mol. The average Bonchev–Trinajstić information content (AvgIpc) is 3.00. The van der Waals surface area contributed by atoms with Crippen LogP contribution in [0.5, 0.6) is 0 Å². The molecule has 1 aliphatic rings. The van der Waals surface area contributed by atoms with E-state index >= 15 is 0 Å². The van der Waals surface area contributed by atoms with Crippen molar-refractivity contribution in [2.75, 3.05) is 7.11 Å². The van der Waals surface area contributed by atoms with Crippen LogP contribution in [0, 0.1) is 17.7 Å². The summed E-state index contributed by atoms with van der Waals surface area (Å²) in [6.45, 7) is 0. The molecular weight excluding hydrogens is 387 g/mol. The summed E-state index contributed by atoms with van der Waals surface area (Å²) in [7, 11) is 1.39. The molecule has 0 aromatic heterocycles. The molecule has 168 valence electrons. The van der Waals surface area contributed by atoms with Gasteiger partial charge in [-0.1, -0.05) is 49.6 Å². The molecule has 5 nitrogen and oxygen atoms in total. The van der Waals surface area contributed by atoms with Crippen LogP contribution in [0.2, 0.25) is 0 Å². The van der Waals surface area contributed by atoms with Gasteiger partial charge in [0.1, 0.15) is 5.82 Å². The van der Waals surface area contributed by atoms with Gasteiger partial charge in [0.2, 0.25) is 0 Å². The molecule has 2 rings (SSSR count). The quantitative estimate of drug-likeness (QED) is 0.352. The lowest BCUT2D eigenvalue weighted by Crippen LogP contribution is -2.23. The van der Waals surface area contributed by atoms with E-state index in [4.69, 9.17) is 0 Å². The molecule has 1 aromatic carbocycles. The van der Waals surface area contributed by atoms with Crippen molar-refractivity contribution in [1.29, 1.82) is 0 Å². The molecule has 0 aliphatic heterocycles. The van der Waals surface area contributed by atoms with Crippen molar-refractivity contribution in [3.05, 3.63) is 41.7 Å². The normalized spacial score (nSPS) is 25.0. The SMILES string of the molecule is COC(=O)CCCCCCC1C(O)CC(O)C1CCC(O)/C=C/c1ccccc1F. The highest BCUT2D eigenvalue weighted by molar-refractivity contribution is 5.68. The van der Waals surface area contributed by atoms with Gasteiger partial charge in [0, 0.05) is 12.0 Å². The molecule has 1 aromatic rings. The van der Waals surface area contributed by atoms with E-state index in [9.17, 15) is 24.5 Å². The number of esters is 1. The van der Waals surface area contributed by atoms with Gasteiger partial charge >= 0.3 is 5.97 Å². The summed E-state index contributed by atoms with van der Waals surface area (Å²) < 4.78 is 18.3. The first kappa shape index (κ1) is 24.5. The Bertz CT molecular complexity index is 677. The maximum Gasteiger partial charge on any atom is 0.305 e. The lowest BCUT2D eigenvalue weighted by Gasteiger charge is -2.24. The third-order valence-electron chi connectivity index (χ3n) is 6.12. The fourth-order valence-electron chi connectivity index (χ4n) is 4.37. The number of carbonyl (C=O) groups excluding carboxylic acids is 1. The van der Waals surface area contributed by atoms with Gasteiger partial charge in [0.05, 0.1) is 25.4 Å². The highest BCUT2D eigenvalue weighted by Gasteiger charge is 2.40. The van der Waals surface area contributed by atoms with Crippen LogP contribution in [0.4, 0.5) is 4.39 Å². The van der Waals surface area contributed by atoms with Gasteiger partial charge in [0.15, 0.2) is 0 Å². The van der Waals surface area contributed by atoms with Crippen molar-refractivity contribution < 1.29 is 29.2 Å². The first-order chi connectivity index (χ1) is 14.4. The van der Waals surface area contributed by atoms with Crippen molar-refractivity contribution >= 4 is 12.0 Å². The van der Waals surface area contributed by atoms with E-state index in [2.05, 4.69) is 4.74 Å². The molecule has 3 N–H and O–H groups in total. The molecule has 0 bridgehead atoms. The van der Waals surface area contributed by atoms with Crippen LogP contribution in [-0.2, 0) is 9.53 Å². The number of ether oxygens (including phenoxy) is 1. The first-order valence-corrected chi connectivity index (χ1v) is 11.0. The summed E-state index contributed by atoms with van der Waals surface area (Å²) in [6, 6.07) is 6.39. The zero-order valence-corrected chi connectivity index (χ0v) is 17.8. The summed E-state index contributed by atoms with van der Waals surface area (Å²) in [5, 5.41) is 30.9. The van der Waals surface area contributed by atoms with Crippen LogP contribution in [0.15, 0.2) is 30.3 Å². The summed E-state index contributed by atoms with van der Waals surface area (Å²) in [5.74, 6) is -0.552. The molecule has 0 spiro atoms. The predicted octanol–water partition coefficient (Wildman–Crippen LogP) is 3.85. The highest BCUT2D eigenvalue weighted by Crippen LogP contribution is 2.39. The van der Waals surface area contributed by atoms with E-state index in [0.717, 1.165) is 32.1 Å². The third-order valence-corrected chi connectivity index (χ3v) is 6.12. The van der Waals surface area contributed by atoms with Gasteiger partial charge in [-0.15, -0.1) is 0 Å². The Morgan fingerprint density at radius 1 is 1.13 bits per heavy atom. The van der Waals surface area contributed by atoms with E-state index in [1.54, 1.807) is 30.4 Å². The fraction of sp³-hybridized carbons (Fsp3) is 0.625. The van der Waals surface area contributed by atoms with Crippen LogP contribution in [0.1, 0.15) is 63.4 Å². The molecule has 1 fully saturated rings. The van der Waals surface area contributed by atoms with Gasteiger partial charge in [-0.2, -0.15) is 0 Å². The molecule has 0 heterocycles. The molecule has 0 saturated heterocycles. The maximum atomic E-state index is 13.7. The Kier molecular flexibility index (Phi) is 10.5. The Morgan fingerprint density at radius 2 is 1.80 bits per heavy atom. The lowest BCUT2D eigenvalue weighted by atomic mass is 9.85. The number of unbranched alkanes of at least 4 members (excludes halogenated alkanes) is 3. The molecule has 1 aliphatic carbocycles. The number of halogens is 1. The van der Waals surface area contributed by atoms with Gasteiger partial charge in [-0.05, 0) is 50.0 Å². The molecular formula is C24H35FO5. The zero-order chi connectivity index (χ0) is 21.9. The Balaban J connectivity index is 1.75. The number of hydrogen-bond donors (Lipinski definition) is 3. The molecule has 5 atom stereocenters. The van der Waals surface area contributed by atoms with Gasteiger partial charge in [-0.25, -0.2) is 4.39 Å². The maximum absolute atomic E-state index is 13.7. The van der Waals surface area contributed by atoms with Gasteiger partial charge in [0.25, 0.3) is 0 Å². The summed E-state index contributed by atoms with van der Waals surface area (Å²) in [6.07, 6.45) is 7.66. The minimum absolute atomic E-state index is 0.0170. The second-order valence-electron chi connectivity index (χ2n) is 8.25. The van der Waals surface area contributed by atoms with Crippen LogP contribution in [-0.4, -0.2) is 46.7 Å². The molecule has 0 radical (unpaired) electrons. The van der Waals surface area contributed by atoms with E-state index in [1.165, 1.54) is 13.2 Å². The lowest BCUT2D eigenvalue weighted by molar-refractivity contribution is -0.140.